The molecule has 2 aliphatic heterocycles. The average Bonchev–Trinajstić information content (AvgIpc) is 3.13. The largest absolute Gasteiger partial charge is 0.377 e. The number of carbonyl (C=O) groups is 1. The Balaban J connectivity index is 1.36. The molecular formula is C19H35N3O2. The molecule has 2 amide bonds. The molecule has 24 heavy (non-hydrogen) atoms. The van der Waals surface area contributed by atoms with Crippen LogP contribution in [-0.2, 0) is 4.74 Å². The zero-order valence-electron chi connectivity index (χ0n) is 15.5. The summed E-state index contributed by atoms with van der Waals surface area (Å²) in [6, 6.07) is 0.328. The van der Waals surface area contributed by atoms with E-state index in [1.54, 1.807) is 0 Å². The summed E-state index contributed by atoms with van der Waals surface area (Å²) < 4.78 is 5.75. The number of carbonyl (C=O) groups excluding carboxylic acids is 1. The van der Waals surface area contributed by atoms with Gasteiger partial charge in [-0.25, -0.2) is 4.79 Å². The lowest BCUT2D eigenvalue weighted by Crippen LogP contribution is -2.53. The number of ether oxygens (including phenoxy) is 1. The summed E-state index contributed by atoms with van der Waals surface area (Å²) in [5.74, 6) is 0.497. The molecule has 3 atom stereocenters. The van der Waals surface area contributed by atoms with Crippen molar-refractivity contribution in [2.24, 2.45) is 11.3 Å². The van der Waals surface area contributed by atoms with Crippen LogP contribution in [0.5, 0.6) is 0 Å². The van der Waals surface area contributed by atoms with Crippen molar-refractivity contribution in [3.8, 4) is 0 Å². The third-order valence-electron chi connectivity index (χ3n) is 6.15. The number of nitrogens with zero attached hydrogens (tertiary/aromatic N) is 1. The van der Waals surface area contributed by atoms with Gasteiger partial charge in [0.05, 0.1) is 6.10 Å². The first-order valence-corrected chi connectivity index (χ1v) is 9.98. The van der Waals surface area contributed by atoms with Crippen molar-refractivity contribution in [1.29, 1.82) is 0 Å². The average molecular weight is 338 g/mol. The van der Waals surface area contributed by atoms with Crippen LogP contribution < -0.4 is 10.6 Å². The maximum absolute atomic E-state index is 12.2. The van der Waals surface area contributed by atoms with E-state index < -0.39 is 0 Å². The Morgan fingerprint density at radius 2 is 2.17 bits per heavy atom. The minimum absolute atomic E-state index is 0.0294. The van der Waals surface area contributed by atoms with Crippen LogP contribution in [-0.4, -0.2) is 55.9 Å². The van der Waals surface area contributed by atoms with Crippen molar-refractivity contribution >= 4 is 6.03 Å². The Morgan fingerprint density at radius 3 is 2.79 bits per heavy atom. The predicted octanol–water partition coefficient (Wildman–Crippen LogP) is 2.76. The van der Waals surface area contributed by atoms with E-state index in [0.29, 0.717) is 23.5 Å². The predicted molar refractivity (Wildman–Crippen MR) is 96.1 cm³/mol. The molecule has 0 bridgehead atoms. The van der Waals surface area contributed by atoms with Crippen LogP contribution in [0.3, 0.4) is 0 Å². The molecule has 2 heterocycles. The molecule has 0 spiro atoms. The molecular weight excluding hydrogens is 302 g/mol. The molecule has 2 saturated heterocycles. The van der Waals surface area contributed by atoms with E-state index >= 15 is 0 Å². The first-order chi connectivity index (χ1) is 11.6. The third kappa shape index (κ3) is 4.85. The number of amides is 2. The number of hydrogen-bond donors (Lipinski definition) is 2. The number of rotatable bonds is 7. The van der Waals surface area contributed by atoms with Crippen molar-refractivity contribution < 1.29 is 9.53 Å². The van der Waals surface area contributed by atoms with Crippen LogP contribution in [0.1, 0.15) is 58.8 Å². The van der Waals surface area contributed by atoms with E-state index in [1.807, 2.05) is 0 Å². The summed E-state index contributed by atoms with van der Waals surface area (Å²) in [7, 11) is 0. The highest BCUT2D eigenvalue weighted by Crippen LogP contribution is 2.48. The fourth-order valence-electron chi connectivity index (χ4n) is 4.40. The van der Waals surface area contributed by atoms with Crippen molar-refractivity contribution in [1.82, 2.24) is 15.5 Å². The minimum Gasteiger partial charge on any atom is -0.377 e. The summed E-state index contributed by atoms with van der Waals surface area (Å²) in [5.41, 5.74) is 0.419. The summed E-state index contributed by atoms with van der Waals surface area (Å²) in [4.78, 5) is 14.8. The van der Waals surface area contributed by atoms with Crippen molar-refractivity contribution in [3.63, 3.8) is 0 Å². The van der Waals surface area contributed by atoms with Gasteiger partial charge >= 0.3 is 6.03 Å². The van der Waals surface area contributed by atoms with Gasteiger partial charge in [-0.15, -0.1) is 0 Å². The lowest BCUT2D eigenvalue weighted by atomic mass is 9.93. The van der Waals surface area contributed by atoms with Crippen molar-refractivity contribution in [3.05, 3.63) is 0 Å². The first-order valence-electron chi connectivity index (χ1n) is 9.98. The minimum atomic E-state index is 0.0294. The van der Waals surface area contributed by atoms with Gasteiger partial charge in [0.1, 0.15) is 0 Å². The van der Waals surface area contributed by atoms with Gasteiger partial charge in [0, 0.05) is 38.8 Å². The number of hydrogen-bond acceptors (Lipinski definition) is 3. The van der Waals surface area contributed by atoms with E-state index in [9.17, 15) is 4.79 Å². The van der Waals surface area contributed by atoms with Gasteiger partial charge in [0.15, 0.2) is 0 Å². The number of likely N-dealkylation sites (tertiary alicyclic amines) is 1. The van der Waals surface area contributed by atoms with Gasteiger partial charge in [-0.2, -0.15) is 0 Å². The highest BCUT2D eigenvalue weighted by atomic mass is 16.5. The Kier molecular flexibility index (Phi) is 6.03. The smallest absolute Gasteiger partial charge is 0.315 e. The number of piperidine rings is 1. The third-order valence-corrected chi connectivity index (χ3v) is 6.15. The van der Waals surface area contributed by atoms with Crippen LogP contribution in [0.25, 0.3) is 0 Å². The molecule has 1 saturated carbocycles. The van der Waals surface area contributed by atoms with E-state index in [0.717, 1.165) is 39.2 Å². The molecule has 0 aromatic heterocycles. The van der Waals surface area contributed by atoms with Crippen LogP contribution in [0.15, 0.2) is 0 Å². The highest BCUT2D eigenvalue weighted by molar-refractivity contribution is 5.74. The lowest BCUT2D eigenvalue weighted by Gasteiger charge is -2.38. The summed E-state index contributed by atoms with van der Waals surface area (Å²) in [6.07, 6.45) is 8.89. The summed E-state index contributed by atoms with van der Waals surface area (Å²) >= 11 is 0. The molecule has 138 valence electrons. The molecule has 5 nitrogen and oxygen atoms in total. The quantitative estimate of drug-likeness (QED) is 0.751. The lowest BCUT2D eigenvalue weighted by molar-refractivity contribution is 0.0522. The molecule has 0 radical (unpaired) electrons. The molecule has 2 N–H and O–H groups in total. The summed E-state index contributed by atoms with van der Waals surface area (Å²) in [5, 5.41) is 6.34. The topological polar surface area (TPSA) is 53.6 Å². The van der Waals surface area contributed by atoms with Gasteiger partial charge in [-0.1, -0.05) is 20.3 Å². The standard InChI is InChI=1S/C19H35N3O2/c1-3-7-19(8-9-19)14-20-18(23)21-17-6-10-22(12-15(17)2)13-16-5-4-11-24-16/h15-17H,3-14H2,1-2H3,(H2,20,21,23)/t15-,16-,17-/m1/s1. The van der Waals surface area contributed by atoms with E-state index in [2.05, 4.69) is 29.4 Å². The maximum Gasteiger partial charge on any atom is 0.315 e. The Bertz CT molecular complexity index is 419. The molecule has 3 aliphatic rings. The van der Waals surface area contributed by atoms with E-state index in [4.69, 9.17) is 4.74 Å². The Morgan fingerprint density at radius 1 is 1.33 bits per heavy atom. The van der Waals surface area contributed by atoms with Crippen LogP contribution in [0.4, 0.5) is 4.79 Å². The number of nitrogens with one attached hydrogen (secondary N) is 2. The van der Waals surface area contributed by atoms with Crippen LogP contribution >= 0.6 is 0 Å². The molecule has 0 unspecified atom stereocenters. The maximum atomic E-state index is 12.2. The highest BCUT2D eigenvalue weighted by Gasteiger charge is 2.41. The zero-order valence-corrected chi connectivity index (χ0v) is 15.5. The summed E-state index contributed by atoms with van der Waals surface area (Å²) in [6.45, 7) is 9.44. The Hall–Kier alpha value is -0.810. The second-order valence-corrected chi connectivity index (χ2v) is 8.34. The second-order valence-electron chi connectivity index (χ2n) is 8.34. The molecule has 1 aliphatic carbocycles. The van der Waals surface area contributed by atoms with Gasteiger partial charge < -0.3 is 20.3 Å². The second kappa shape index (κ2) is 8.05. The van der Waals surface area contributed by atoms with Gasteiger partial charge in [0.25, 0.3) is 0 Å². The van der Waals surface area contributed by atoms with E-state index in [-0.39, 0.29) is 6.03 Å². The number of urea groups is 1. The molecule has 3 fully saturated rings. The van der Waals surface area contributed by atoms with Crippen molar-refractivity contribution in [2.45, 2.75) is 70.9 Å². The van der Waals surface area contributed by atoms with Gasteiger partial charge in [0.2, 0.25) is 0 Å². The van der Waals surface area contributed by atoms with Gasteiger partial charge in [-0.3, -0.25) is 0 Å². The monoisotopic (exact) mass is 337 g/mol. The molecule has 0 aromatic rings. The fraction of sp³-hybridized carbons (Fsp3) is 0.947. The van der Waals surface area contributed by atoms with Crippen LogP contribution in [0.2, 0.25) is 0 Å². The molecule has 5 heteroatoms. The molecule has 3 rings (SSSR count). The van der Waals surface area contributed by atoms with Crippen molar-refractivity contribution in [2.75, 3.05) is 32.8 Å². The first kappa shape index (κ1) is 18.0. The normalized spacial score (nSPS) is 32.5. The fourth-order valence-corrected chi connectivity index (χ4v) is 4.40. The molecule has 0 aromatic carbocycles. The Labute approximate surface area is 146 Å². The van der Waals surface area contributed by atoms with Gasteiger partial charge in [-0.05, 0) is 49.9 Å². The van der Waals surface area contributed by atoms with E-state index in [1.165, 1.54) is 38.5 Å². The zero-order chi connectivity index (χ0) is 17.0. The van der Waals surface area contributed by atoms with Crippen LogP contribution in [0, 0.1) is 11.3 Å². The SMILES string of the molecule is CCCC1(CNC(=O)N[C@@H]2CCN(C[C@H]3CCCO3)C[C@H]2C)CC1.